The van der Waals surface area contributed by atoms with Crippen molar-refractivity contribution in [3.63, 3.8) is 0 Å². The van der Waals surface area contributed by atoms with E-state index < -0.39 is 0 Å². The Kier molecular flexibility index (Phi) is 4.60. The molecule has 4 rings (SSSR count). The molecule has 138 valence electrons. The lowest BCUT2D eigenvalue weighted by Gasteiger charge is -2.11. The predicted molar refractivity (Wildman–Crippen MR) is 111 cm³/mol. The first-order chi connectivity index (χ1) is 13.2. The van der Waals surface area contributed by atoms with E-state index in [1.807, 2.05) is 36.4 Å². The maximum atomic E-state index is 6.06. The van der Waals surface area contributed by atoms with Crippen molar-refractivity contribution in [2.24, 2.45) is 0 Å². The molecule has 0 aliphatic heterocycles. The second-order valence-corrected chi connectivity index (χ2v) is 6.63. The lowest BCUT2D eigenvalue weighted by atomic mass is 10.1. The van der Waals surface area contributed by atoms with E-state index in [2.05, 4.69) is 28.8 Å². The molecule has 4 aromatic rings. The second-order valence-electron chi connectivity index (χ2n) is 6.63. The van der Waals surface area contributed by atoms with Crippen molar-refractivity contribution in [3.05, 3.63) is 66.2 Å². The Morgan fingerprint density at radius 1 is 0.815 bits per heavy atom. The van der Waals surface area contributed by atoms with Gasteiger partial charge in [-0.15, -0.1) is 0 Å². The molecule has 1 aromatic heterocycles. The van der Waals surface area contributed by atoms with Crippen LogP contribution in [-0.4, -0.2) is 24.9 Å². The van der Waals surface area contributed by atoms with Gasteiger partial charge in [-0.3, -0.25) is 0 Å². The summed E-state index contributed by atoms with van der Waals surface area (Å²) < 4.78 is 13.0. The van der Waals surface area contributed by atoms with Gasteiger partial charge in [0.15, 0.2) is 0 Å². The third-order valence-electron chi connectivity index (χ3n) is 4.71. The summed E-state index contributed by atoms with van der Waals surface area (Å²) in [7, 11) is 1.67. The van der Waals surface area contributed by atoms with Gasteiger partial charge in [-0.1, -0.05) is 24.3 Å². The van der Waals surface area contributed by atoms with E-state index in [1.54, 1.807) is 7.11 Å². The van der Waals surface area contributed by atoms with Crippen molar-refractivity contribution >= 4 is 33.2 Å². The number of rotatable bonds is 6. The summed E-state index contributed by atoms with van der Waals surface area (Å²) >= 11 is 0. The minimum absolute atomic E-state index is 0.530. The maximum absolute atomic E-state index is 6.06. The van der Waals surface area contributed by atoms with E-state index in [0.717, 1.165) is 33.7 Å². The van der Waals surface area contributed by atoms with Crippen LogP contribution in [0.3, 0.4) is 0 Å². The van der Waals surface area contributed by atoms with E-state index >= 15 is 0 Å². The summed E-state index contributed by atoms with van der Waals surface area (Å²) in [5, 5.41) is 2.35. The number of methoxy groups -OCH3 is 1. The number of fused-ring (bicyclic) bond motifs is 3. The lowest BCUT2D eigenvalue weighted by Crippen LogP contribution is -2.05. The van der Waals surface area contributed by atoms with Crippen LogP contribution in [0.25, 0.3) is 21.8 Å². The number of nitrogens with zero attached hydrogens (tertiary/aromatic N) is 1. The van der Waals surface area contributed by atoms with Gasteiger partial charge in [0.2, 0.25) is 0 Å². The zero-order valence-electron chi connectivity index (χ0n) is 15.3. The van der Waals surface area contributed by atoms with Gasteiger partial charge in [0.05, 0.1) is 17.6 Å². The van der Waals surface area contributed by atoms with Crippen LogP contribution in [0.15, 0.2) is 60.7 Å². The highest BCUT2D eigenvalue weighted by Gasteiger charge is 2.12. The minimum atomic E-state index is 0.530. The first-order valence-electron chi connectivity index (χ1n) is 8.93. The Morgan fingerprint density at radius 3 is 2.11 bits per heavy atom. The average molecular weight is 361 g/mol. The van der Waals surface area contributed by atoms with Crippen LogP contribution in [-0.2, 0) is 11.3 Å². The molecule has 5 heteroatoms. The molecule has 0 atom stereocenters. The van der Waals surface area contributed by atoms with Crippen molar-refractivity contribution in [1.82, 2.24) is 4.57 Å². The highest BCUT2D eigenvalue weighted by Crippen LogP contribution is 2.32. The fourth-order valence-electron chi connectivity index (χ4n) is 3.46. The Labute approximate surface area is 158 Å². The molecule has 0 fully saturated rings. The number of hydrogen-bond acceptors (Lipinski definition) is 4. The van der Waals surface area contributed by atoms with Crippen LogP contribution in [0.5, 0.6) is 5.75 Å². The molecule has 0 saturated carbocycles. The van der Waals surface area contributed by atoms with Gasteiger partial charge < -0.3 is 25.5 Å². The Morgan fingerprint density at radius 2 is 1.48 bits per heavy atom. The third kappa shape index (κ3) is 3.41. The smallest absolute Gasteiger partial charge is 0.119 e. The Bertz CT molecular complexity index is 1040. The molecule has 0 saturated heterocycles. The van der Waals surface area contributed by atoms with E-state index in [4.69, 9.17) is 20.9 Å². The molecule has 0 spiro atoms. The number of aromatic nitrogens is 1. The molecular formula is C22H23N3O2. The average Bonchev–Trinajstić information content (AvgIpc) is 2.95. The maximum Gasteiger partial charge on any atom is 0.119 e. The molecule has 0 amide bonds. The van der Waals surface area contributed by atoms with Gasteiger partial charge in [-0.05, 0) is 42.0 Å². The summed E-state index contributed by atoms with van der Waals surface area (Å²) in [5.41, 5.74) is 17.0. The van der Waals surface area contributed by atoms with Crippen LogP contribution < -0.4 is 16.2 Å². The predicted octanol–water partition coefficient (Wildman–Crippen LogP) is 4.03. The van der Waals surface area contributed by atoms with Crippen molar-refractivity contribution < 1.29 is 9.47 Å². The van der Waals surface area contributed by atoms with Crippen molar-refractivity contribution in [1.29, 1.82) is 0 Å². The van der Waals surface area contributed by atoms with Gasteiger partial charge in [0, 0.05) is 35.8 Å². The minimum Gasteiger partial charge on any atom is -0.491 e. The van der Waals surface area contributed by atoms with Crippen LogP contribution in [0, 0.1) is 0 Å². The molecule has 5 nitrogen and oxygen atoms in total. The molecular weight excluding hydrogens is 338 g/mol. The Balaban J connectivity index is 1.77. The number of anilines is 2. The van der Waals surface area contributed by atoms with Crippen LogP contribution in [0.1, 0.15) is 5.56 Å². The molecule has 0 bridgehead atoms. The topological polar surface area (TPSA) is 75.4 Å². The van der Waals surface area contributed by atoms with Crippen LogP contribution in [0.2, 0.25) is 0 Å². The highest BCUT2D eigenvalue weighted by atomic mass is 16.5. The van der Waals surface area contributed by atoms with Gasteiger partial charge in [-0.25, -0.2) is 0 Å². The zero-order chi connectivity index (χ0) is 18.8. The second kappa shape index (κ2) is 7.21. The highest BCUT2D eigenvalue weighted by molar-refractivity contribution is 6.09. The van der Waals surface area contributed by atoms with Crippen molar-refractivity contribution in [2.75, 3.05) is 31.8 Å². The SMILES string of the molecule is COCCOc1cccc(Cn2c3cc(N)ccc3c3ccc(N)cc32)c1. The van der Waals surface area contributed by atoms with Gasteiger partial charge >= 0.3 is 0 Å². The number of ether oxygens (including phenoxy) is 2. The molecule has 3 aromatic carbocycles. The number of benzene rings is 3. The van der Waals surface area contributed by atoms with Gasteiger partial charge in [-0.2, -0.15) is 0 Å². The first kappa shape index (κ1) is 17.2. The number of hydrogen-bond donors (Lipinski definition) is 2. The number of nitrogens with two attached hydrogens (primary N) is 2. The Hall–Kier alpha value is -3.18. The van der Waals surface area contributed by atoms with Gasteiger partial charge in [0.25, 0.3) is 0 Å². The third-order valence-corrected chi connectivity index (χ3v) is 4.71. The summed E-state index contributed by atoms with van der Waals surface area (Å²) in [5.74, 6) is 0.837. The van der Waals surface area contributed by atoms with E-state index in [0.29, 0.717) is 19.8 Å². The number of nitrogen functional groups attached to an aromatic ring is 2. The summed E-state index contributed by atoms with van der Waals surface area (Å²) in [6, 6.07) is 20.2. The lowest BCUT2D eigenvalue weighted by molar-refractivity contribution is 0.146. The molecule has 1 heterocycles. The fraction of sp³-hybridized carbons (Fsp3) is 0.182. The largest absolute Gasteiger partial charge is 0.491 e. The van der Waals surface area contributed by atoms with Crippen molar-refractivity contribution in [3.8, 4) is 5.75 Å². The van der Waals surface area contributed by atoms with Crippen LogP contribution >= 0.6 is 0 Å². The monoisotopic (exact) mass is 361 g/mol. The van der Waals surface area contributed by atoms with Gasteiger partial charge in [0.1, 0.15) is 12.4 Å². The zero-order valence-corrected chi connectivity index (χ0v) is 15.3. The standard InChI is InChI=1S/C22H23N3O2/c1-26-9-10-27-18-4-2-3-15(11-18)14-25-21-12-16(23)5-7-19(21)20-8-6-17(24)13-22(20)25/h2-8,11-13H,9-10,14,23-24H2,1H3. The first-order valence-corrected chi connectivity index (χ1v) is 8.93. The molecule has 0 aliphatic rings. The van der Waals surface area contributed by atoms with Crippen LogP contribution in [0.4, 0.5) is 11.4 Å². The molecule has 0 radical (unpaired) electrons. The summed E-state index contributed by atoms with van der Waals surface area (Å²) in [6.45, 7) is 1.80. The summed E-state index contributed by atoms with van der Waals surface area (Å²) in [6.07, 6.45) is 0. The van der Waals surface area contributed by atoms with Crippen molar-refractivity contribution in [2.45, 2.75) is 6.54 Å². The normalized spacial score (nSPS) is 11.3. The quantitative estimate of drug-likeness (QED) is 0.402. The summed E-state index contributed by atoms with van der Waals surface area (Å²) in [4.78, 5) is 0. The molecule has 0 aliphatic carbocycles. The van der Waals surface area contributed by atoms with E-state index in [1.165, 1.54) is 10.8 Å². The molecule has 0 unspecified atom stereocenters. The van der Waals surface area contributed by atoms with E-state index in [9.17, 15) is 0 Å². The molecule has 4 N–H and O–H groups in total. The molecule has 27 heavy (non-hydrogen) atoms. The van der Waals surface area contributed by atoms with E-state index in [-0.39, 0.29) is 0 Å². The fourth-order valence-corrected chi connectivity index (χ4v) is 3.46.